The average Bonchev–Trinajstić information content (AvgIpc) is 2.89. The van der Waals surface area contributed by atoms with Crippen LogP contribution in [0, 0.1) is 11.6 Å². The number of hydrogen-bond donors (Lipinski definition) is 3. The van der Waals surface area contributed by atoms with Crippen LogP contribution < -0.4 is 11.1 Å². The maximum Gasteiger partial charge on any atom is 0.260 e. The first kappa shape index (κ1) is 29.7. The smallest absolute Gasteiger partial charge is 0.260 e. The Bertz CT molecular complexity index is 1270. The van der Waals surface area contributed by atoms with Gasteiger partial charge in [-0.25, -0.2) is 8.78 Å². The van der Waals surface area contributed by atoms with Gasteiger partial charge in [0.25, 0.3) is 5.91 Å². The molecule has 0 aromatic heterocycles. The lowest BCUT2D eigenvalue weighted by molar-refractivity contribution is -0.131. The molecule has 38 heavy (non-hydrogen) atoms. The normalized spacial score (nSPS) is 12.7. The van der Waals surface area contributed by atoms with E-state index in [1.54, 1.807) is 0 Å². The number of amides is 2. The third-order valence-corrected chi connectivity index (χ3v) is 6.79. The minimum absolute atomic E-state index is 0.0260. The first-order valence-electron chi connectivity index (χ1n) is 12.1. The molecule has 2 amide bonds. The van der Waals surface area contributed by atoms with Crippen molar-refractivity contribution in [2.45, 2.75) is 38.5 Å². The summed E-state index contributed by atoms with van der Waals surface area (Å²) in [7, 11) is 0. The van der Waals surface area contributed by atoms with E-state index in [0.29, 0.717) is 12.6 Å². The highest BCUT2D eigenvalue weighted by Gasteiger charge is 2.35. The molecule has 0 unspecified atom stereocenters. The molecule has 0 saturated carbocycles. The van der Waals surface area contributed by atoms with E-state index in [1.165, 1.54) is 18.2 Å². The van der Waals surface area contributed by atoms with Crippen LogP contribution in [0.4, 0.5) is 8.78 Å². The topological polar surface area (TPSA) is 95.7 Å². The summed E-state index contributed by atoms with van der Waals surface area (Å²) in [6, 6.07) is 13.7. The van der Waals surface area contributed by atoms with E-state index in [1.807, 2.05) is 31.2 Å². The molecule has 0 aliphatic heterocycles. The molecular weight excluding hydrogens is 535 g/mol. The van der Waals surface area contributed by atoms with Gasteiger partial charge in [0.1, 0.15) is 11.6 Å². The largest absolute Gasteiger partial charge is 0.390 e. The first-order valence-corrected chi connectivity index (χ1v) is 12.8. The SMILES string of the molecule is CCc1cccc(CNC[C@@H](O)[C@H](Cc2cc(F)cc(F)c2)N(C(=O)CN)C(=O)c2ccc(Cl)c(Cl)c2)c1. The predicted molar refractivity (Wildman–Crippen MR) is 144 cm³/mol. The molecule has 4 N–H and O–H groups in total. The molecule has 2 atom stereocenters. The van der Waals surface area contributed by atoms with Gasteiger partial charge >= 0.3 is 0 Å². The molecule has 0 saturated heterocycles. The molecule has 202 valence electrons. The maximum atomic E-state index is 14.0. The monoisotopic (exact) mass is 563 g/mol. The van der Waals surface area contributed by atoms with Crippen LogP contribution in [0.5, 0.6) is 0 Å². The fourth-order valence-corrected chi connectivity index (χ4v) is 4.44. The fourth-order valence-electron chi connectivity index (χ4n) is 4.15. The summed E-state index contributed by atoms with van der Waals surface area (Å²) in [5.41, 5.74) is 7.95. The number of nitrogens with zero attached hydrogens (tertiary/aromatic N) is 1. The van der Waals surface area contributed by atoms with E-state index in [4.69, 9.17) is 28.9 Å². The highest BCUT2D eigenvalue weighted by molar-refractivity contribution is 6.42. The Hall–Kier alpha value is -2.88. The number of carbonyl (C=O) groups is 2. The summed E-state index contributed by atoms with van der Waals surface area (Å²) < 4.78 is 27.9. The number of imide groups is 1. The van der Waals surface area contributed by atoms with Crippen LogP contribution in [0.25, 0.3) is 0 Å². The summed E-state index contributed by atoms with van der Waals surface area (Å²) in [6.45, 7) is 1.90. The Balaban J connectivity index is 1.92. The van der Waals surface area contributed by atoms with Crippen molar-refractivity contribution >= 4 is 35.0 Å². The average molecular weight is 564 g/mol. The Kier molecular flexibility index (Phi) is 10.8. The zero-order valence-electron chi connectivity index (χ0n) is 20.8. The lowest BCUT2D eigenvalue weighted by atomic mass is 9.97. The van der Waals surface area contributed by atoms with E-state index >= 15 is 0 Å². The van der Waals surface area contributed by atoms with Gasteiger partial charge in [-0.15, -0.1) is 0 Å². The zero-order valence-corrected chi connectivity index (χ0v) is 22.3. The van der Waals surface area contributed by atoms with E-state index in [-0.39, 0.29) is 34.1 Å². The molecule has 3 rings (SSSR count). The molecule has 0 fully saturated rings. The van der Waals surface area contributed by atoms with Crippen LogP contribution in [0.15, 0.2) is 60.7 Å². The van der Waals surface area contributed by atoms with Gasteiger partial charge in [-0.05, 0) is 59.9 Å². The van der Waals surface area contributed by atoms with Gasteiger partial charge in [0.2, 0.25) is 5.91 Å². The van der Waals surface area contributed by atoms with Crippen molar-refractivity contribution in [2.75, 3.05) is 13.1 Å². The van der Waals surface area contributed by atoms with E-state index in [9.17, 15) is 23.5 Å². The second-order valence-corrected chi connectivity index (χ2v) is 9.64. The first-order chi connectivity index (χ1) is 18.1. The number of aryl methyl sites for hydroxylation is 1. The van der Waals surface area contributed by atoms with Gasteiger partial charge < -0.3 is 16.2 Å². The van der Waals surface area contributed by atoms with Crippen molar-refractivity contribution < 1.29 is 23.5 Å². The van der Waals surface area contributed by atoms with Gasteiger partial charge in [0.15, 0.2) is 0 Å². The van der Waals surface area contributed by atoms with Crippen molar-refractivity contribution in [3.05, 3.63) is 105 Å². The predicted octanol–water partition coefficient (Wildman–Crippen LogP) is 4.52. The lowest BCUT2D eigenvalue weighted by Crippen LogP contribution is -2.55. The summed E-state index contributed by atoms with van der Waals surface area (Å²) in [5.74, 6) is -3.21. The van der Waals surface area contributed by atoms with Gasteiger partial charge in [-0.1, -0.05) is 54.4 Å². The highest BCUT2D eigenvalue weighted by Crippen LogP contribution is 2.25. The molecule has 0 bridgehead atoms. The number of carbonyl (C=O) groups excluding carboxylic acids is 2. The fraction of sp³-hybridized carbons (Fsp3) is 0.286. The Morgan fingerprint density at radius 2 is 1.66 bits per heavy atom. The highest BCUT2D eigenvalue weighted by atomic mass is 35.5. The molecule has 0 spiro atoms. The minimum atomic E-state index is -1.31. The standard InChI is InChI=1S/C28H29Cl2F2N3O3/c1-2-17-4-3-5-18(8-17)15-34-16-26(36)25(11-19-9-21(31)13-22(32)10-19)35(27(37)14-33)28(38)20-6-7-23(29)24(30)12-20/h3-10,12-13,25-26,34,36H,2,11,14-16,33H2,1H3/t25-,26+/m0/s1. The number of nitrogens with two attached hydrogens (primary N) is 1. The van der Waals surface area contributed by atoms with Crippen LogP contribution in [0.3, 0.4) is 0 Å². The van der Waals surface area contributed by atoms with Crippen LogP contribution in [0.1, 0.15) is 34.0 Å². The summed E-state index contributed by atoms with van der Waals surface area (Å²) in [4.78, 5) is 27.3. The molecule has 0 aliphatic rings. The molecule has 3 aromatic rings. The number of nitrogens with one attached hydrogen (secondary N) is 1. The number of rotatable bonds is 11. The Labute approximate surface area is 230 Å². The van der Waals surface area contributed by atoms with E-state index in [0.717, 1.165) is 34.6 Å². The molecule has 10 heteroatoms. The van der Waals surface area contributed by atoms with Crippen molar-refractivity contribution in [2.24, 2.45) is 5.73 Å². The number of aliphatic hydroxyl groups excluding tert-OH is 1. The second-order valence-electron chi connectivity index (χ2n) is 8.82. The second kappa shape index (κ2) is 13.8. The zero-order chi connectivity index (χ0) is 27.8. The molecule has 3 aromatic carbocycles. The molecule has 0 radical (unpaired) electrons. The van der Waals surface area contributed by atoms with Crippen molar-refractivity contribution in [3.8, 4) is 0 Å². The molecule has 0 aliphatic carbocycles. The number of aliphatic hydroxyl groups is 1. The Morgan fingerprint density at radius 3 is 2.29 bits per heavy atom. The van der Waals surface area contributed by atoms with Crippen molar-refractivity contribution in [1.82, 2.24) is 10.2 Å². The van der Waals surface area contributed by atoms with Gasteiger partial charge in [0.05, 0.1) is 28.7 Å². The van der Waals surface area contributed by atoms with Gasteiger partial charge in [0, 0.05) is 24.7 Å². The van der Waals surface area contributed by atoms with Crippen LogP contribution in [-0.4, -0.2) is 47.1 Å². The van der Waals surface area contributed by atoms with Crippen molar-refractivity contribution in [3.63, 3.8) is 0 Å². The number of benzene rings is 3. The summed E-state index contributed by atoms with van der Waals surface area (Å²) in [6.07, 6.45) is -0.657. The third kappa shape index (κ3) is 7.82. The maximum absolute atomic E-state index is 14.0. The molecule has 6 nitrogen and oxygen atoms in total. The van der Waals surface area contributed by atoms with Crippen LogP contribution >= 0.6 is 23.2 Å². The van der Waals surface area contributed by atoms with Crippen LogP contribution in [-0.2, 0) is 24.2 Å². The molecular formula is C28H29Cl2F2N3O3. The minimum Gasteiger partial charge on any atom is -0.390 e. The summed E-state index contributed by atoms with van der Waals surface area (Å²) in [5, 5.41) is 14.7. The van der Waals surface area contributed by atoms with Gasteiger partial charge in [-0.3, -0.25) is 14.5 Å². The molecule has 0 heterocycles. The third-order valence-electron chi connectivity index (χ3n) is 6.05. The Morgan fingerprint density at radius 1 is 0.974 bits per heavy atom. The number of hydrogen-bond acceptors (Lipinski definition) is 5. The van der Waals surface area contributed by atoms with Gasteiger partial charge in [-0.2, -0.15) is 0 Å². The van der Waals surface area contributed by atoms with Crippen molar-refractivity contribution in [1.29, 1.82) is 0 Å². The van der Waals surface area contributed by atoms with Crippen LogP contribution in [0.2, 0.25) is 10.0 Å². The summed E-state index contributed by atoms with van der Waals surface area (Å²) >= 11 is 12.0. The van der Waals surface area contributed by atoms with E-state index in [2.05, 4.69) is 5.32 Å². The quantitative estimate of drug-likeness (QED) is 0.318. The van der Waals surface area contributed by atoms with E-state index < -0.39 is 42.1 Å². The number of halogens is 4. The lowest BCUT2D eigenvalue weighted by Gasteiger charge is -2.34.